The van der Waals surface area contributed by atoms with E-state index in [-0.39, 0.29) is 17.5 Å². The molecule has 0 aliphatic heterocycles. The molecule has 0 aromatic heterocycles. The van der Waals surface area contributed by atoms with Crippen molar-refractivity contribution in [1.29, 1.82) is 0 Å². The Hall–Kier alpha value is -1.52. The standard InChI is InChI=1S/C18H20F3NO/c19-18(20,21)14-3-1-2-4-15(14)22-17(23)16-12-6-10-5-11(8-12)9-13(16)7-10/h1-4,10-13,16H,5-9H2,(H,22,23). The molecule has 0 spiro atoms. The van der Waals surface area contributed by atoms with Gasteiger partial charge in [0, 0.05) is 5.92 Å². The summed E-state index contributed by atoms with van der Waals surface area (Å²) in [6, 6.07) is 5.24. The van der Waals surface area contributed by atoms with Crippen LogP contribution in [0.1, 0.15) is 37.7 Å². The summed E-state index contributed by atoms with van der Waals surface area (Å²) in [4.78, 5) is 12.7. The van der Waals surface area contributed by atoms with Crippen LogP contribution in [0.2, 0.25) is 0 Å². The zero-order valence-electron chi connectivity index (χ0n) is 12.8. The minimum absolute atomic E-state index is 0.107. The van der Waals surface area contributed by atoms with E-state index in [2.05, 4.69) is 5.32 Å². The number of nitrogens with one attached hydrogen (secondary N) is 1. The normalized spacial score (nSPS) is 35.3. The second-order valence-electron chi connectivity index (χ2n) is 7.49. The zero-order valence-corrected chi connectivity index (χ0v) is 12.8. The number of para-hydroxylation sites is 1. The average molecular weight is 323 g/mol. The van der Waals surface area contributed by atoms with Crippen LogP contribution >= 0.6 is 0 Å². The van der Waals surface area contributed by atoms with Crippen LogP contribution in [-0.2, 0) is 11.0 Å². The minimum atomic E-state index is -4.45. The maximum atomic E-state index is 13.1. The van der Waals surface area contributed by atoms with Crippen LogP contribution in [0, 0.1) is 29.6 Å². The van der Waals surface area contributed by atoms with Gasteiger partial charge in [0.1, 0.15) is 0 Å². The molecule has 2 nitrogen and oxygen atoms in total. The van der Waals surface area contributed by atoms with Gasteiger partial charge in [-0.05, 0) is 67.9 Å². The highest BCUT2D eigenvalue weighted by molar-refractivity contribution is 5.94. The van der Waals surface area contributed by atoms with Crippen molar-refractivity contribution in [2.75, 3.05) is 5.32 Å². The fourth-order valence-electron chi connectivity index (χ4n) is 5.41. The largest absolute Gasteiger partial charge is 0.418 e. The first-order valence-corrected chi connectivity index (χ1v) is 8.39. The lowest BCUT2D eigenvalue weighted by atomic mass is 9.51. The lowest BCUT2D eigenvalue weighted by Crippen LogP contribution is -2.49. The molecule has 1 N–H and O–H groups in total. The van der Waals surface area contributed by atoms with Crippen molar-refractivity contribution in [2.45, 2.75) is 38.3 Å². The van der Waals surface area contributed by atoms with Crippen LogP contribution in [0.15, 0.2) is 24.3 Å². The van der Waals surface area contributed by atoms with E-state index in [0.29, 0.717) is 11.8 Å². The summed E-state index contributed by atoms with van der Waals surface area (Å²) in [7, 11) is 0. The fraction of sp³-hybridized carbons (Fsp3) is 0.611. The van der Waals surface area contributed by atoms with Gasteiger partial charge in [-0.15, -0.1) is 0 Å². The van der Waals surface area contributed by atoms with Gasteiger partial charge in [0.25, 0.3) is 0 Å². The van der Waals surface area contributed by atoms with Crippen LogP contribution in [0.3, 0.4) is 0 Å². The third kappa shape index (κ3) is 2.64. The molecular weight excluding hydrogens is 303 g/mol. The van der Waals surface area contributed by atoms with E-state index >= 15 is 0 Å². The highest BCUT2D eigenvalue weighted by Crippen LogP contribution is 2.56. The molecule has 0 unspecified atom stereocenters. The molecule has 0 atom stereocenters. The summed E-state index contributed by atoms with van der Waals surface area (Å²) >= 11 is 0. The number of hydrogen-bond acceptors (Lipinski definition) is 1. The summed E-state index contributed by atoms with van der Waals surface area (Å²) in [5.41, 5.74) is -0.879. The third-order valence-electron chi connectivity index (χ3n) is 6.02. The van der Waals surface area contributed by atoms with Gasteiger partial charge in [-0.1, -0.05) is 12.1 Å². The molecule has 1 aromatic carbocycles. The van der Waals surface area contributed by atoms with Crippen molar-refractivity contribution in [1.82, 2.24) is 0 Å². The summed E-state index contributed by atoms with van der Waals surface area (Å²) in [6.45, 7) is 0. The minimum Gasteiger partial charge on any atom is -0.325 e. The Labute approximate surface area is 133 Å². The lowest BCUT2D eigenvalue weighted by molar-refractivity contribution is -0.137. The van der Waals surface area contributed by atoms with E-state index < -0.39 is 11.7 Å². The monoisotopic (exact) mass is 323 g/mol. The van der Waals surface area contributed by atoms with Gasteiger partial charge in [0.15, 0.2) is 0 Å². The number of carbonyl (C=O) groups excluding carboxylic acids is 1. The molecule has 4 aliphatic carbocycles. The first kappa shape index (κ1) is 15.0. The number of rotatable bonds is 2. The molecule has 4 bridgehead atoms. The zero-order chi connectivity index (χ0) is 16.2. The molecule has 4 aliphatic rings. The molecule has 1 amide bonds. The highest BCUT2D eigenvalue weighted by atomic mass is 19.4. The quantitative estimate of drug-likeness (QED) is 0.838. The smallest absolute Gasteiger partial charge is 0.325 e. The Morgan fingerprint density at radius 2 is 1.52 bits per heavy atom. The summed E-state index contributed by atoms with van der Waals surface area (Å²) in [6.07, 6.45) is 1.14. The molecule has 4 saturated carbocycles. The Kier molecular flexibility index (Phi) is 3.43. The summed E-state index contributed by atoms with van der Waals surface area (Å²) in [5, 5.41) is 2.59. The lowest BCUT2D eigenvalue weighted by Gasteiger charge is -2.53. The maximum absolute atomic E-state index is 13.1. The predicted octanol–water partition coefficient (Wildman–Crippen LogP) is 4.72. The second kappa shape index (κ2) is 5.25. The summed E-state index contributed by atoms with van der Waals surface area (Å²) < 4.78 is 39.2. The van der Waals surface area contributed by atoms with Crippen molar-refractivity contribution >= 4 is 11.6 Å². The average Bonchev–Trinajstić information content (AvgIpc) is 2.45. The van der Waals surface area contributed by atoms with Crippen molar-refractivity contribution in [3.8, 4) is 0 Å². The molecular formula is C18H20F3NO. The number of amides is 1. The van der Waals surface area contributed by atoms with E-state index in [1.165, 1.54) is 24.6 Å². The molecule has 5 rings (SSSR count). The van der Waals surface area contributed by atoms with Crippen molar-refractivity contribution < 1.29 is 18.0 Å². The first-order valence-electron chi connectivity index (χ1n) is 8.39. The van der Waals surface area contributed by atoms with Crippen LogP contribution in [0.25, 0.3) is 0 Å². The van der Waals surface area contributed by atoms with Crippen LogP contribution in [-0.4, -0.2) is 5.91 Å². The number of carbonyl (C=O) groups is 1. The Bertz CT molecular complexity index is 597. The molecule has 124 valence electrons. The van der Waals surface area contributed by atoms with Gasteiger partial charge < -0.3 is 5.32 Å². The van der Waals surface area contributed by atoms with Crippen LogP contribution in [0.5, 0.6) is 0 Å². The molecule has 23 heavy (non-hydrogen) atoms. The molecule has 0 saturated heterocycles. The fourth-order valence-corrected chi connectivity index (χ4v) is 5.41. The Morgan fingerprint density at radius 1 is 0.957 bits per heavy atom. The van der Waals surface area contributed by atoms with Gasteiger partial charge in [0.2, 0.25) is 5.91 Å². The molecule has 1 aromatic rings. The topological polar surface area (TPSA) is 29.1 Å². The van der Waals surface area contributed by atoms with Crippen molar-refractivity contribution in [3.63, 3.8) is 0 Å². The van der Waals surface area contributed by atoms with Gasteiger partial charge in [-0.3, -0.25) is 4.79 Å². The predicted molar refractivity (Wildman–Crippen MR) is 80.6 cm³/mol. The Balaban J connectivity index is 1.55. The first-order chi connectivity index (χ1) is 10.9. The van der Waals surface area contributed by atoms with E-state index in [1.54, 1.807) is 0 Å². The van der Waals surface area contributed by atoms with E-state index in [0.717, 1.165) is 43.6 Å². The van der Waals surface area contributed by atoms with E-state index in [4.69, 9.17) is 0 Å². The van der Waals surface area contributed by atoms with Gasteiger partial charge in [-0.25, -0.2) is 0 Å². The van der Waals surface area contributed by atoms with Gasteiger partial charge >= 0.3 is 6.18 Å². The van der Waals surface area contributed by atoms with Gasteiger partial charge in [-0.2, -0.15) is 13.2 Å². The molecule has 0 heterocycles. The molecule has 5 heteroatoms. The van der Waals surface area contributed by atoms with E-state index in [1.807, 2.05) is 0 Å². The van der Waals surface area contributed by atoms with Crippen LogP contribution in [0.4, 0.5) is 18.9 Å². The highest BCUT2D eigenvalue weighted by Gasteiger charge is 2.50. The number of benzene rings is 1. The van der Waals surface area contributed by atoms with Gasteiger partial charge in [0.05, 0.1) is 11.3 Å². The number of anilines is 1. The van der Waals surface area contributed by atoms with E-state index in [9.17, 15) is 18.0 Å². The number of halogens is 3. The SMILES string of the molecule is O=C(Nc1ccccc1C(F)(F)F)C1C2CC3CC(C2)CC1C3. The van der Waals surface area contributed by atoms with Crippen molar-refractivity contribution in [3.05, 3.63) is 29.8 Å². The maximum Gasteiger partial charge on any atom is 0.418 e. The van der Waals surface area contributed by atoms with Crippen LogP contribution < -0.4 is 5.32 Å². The molecule has 0 radical (unpaired) electrons. The number of hydrogen-bond donors (Lipinski definition) is 1. The second-order valence-corrected chi connectivity index (χ2v) is 7.49. The molecule has 4 fully saturated rings. The third-order valence-corrected chi connectivity index (χ3v) is 6.02. The Morgan fingerprint density at radius 3 is 2.09 bits per heavy atom. The van der Waals surface area contributed by atoms with Crippen molar-refractivity contribution in [2.24, 2.45) is 29.6 Å². The summed E-state index contributed by atoms with van der Waals surface area (Å²) in [5.74, 6) is 1.89. The number of alkyl halides is 3.